The fourth-order valence-corrected chi connectivity index (χ4v) is 1.47. The molecule has 0 aromatic heterocycles. The topological polar surface area (TPSA) is 58.6 Å². The van der Waals surface area contributed by atoms with E-state index in [1.54, 1.807) is 7.11 Å². The molecule has 0 saturated carbocycles. The van der Waals surface area contributed by atoms with Crippen LogP contribution in [0.5, 0.6) is 0 Å². The summed E-state index contributed by atoms with van der Waals surface area (Å²) >= 11 is 0. The first-order chi connectivity index (χ1) is 9.19. The average Bonchev–Trinajstić information content (AvgIpc) is 2.41. The maximum Gasteiger partial charge on any atom is 0.252 e. The lowest BCUT2D eigenvalue weighted by Gasteiger charge is -2.07. The van der Waals surface area contributed by atoms with Crippen molar-refractivity contribution < 1.29 is 19.0 Å². The number of methoxy groups -OCH3 is 1. The first-order valence-electron chi connectivity index (χ1n) is 5.85. The van der Waals surface area contributed by atoms with E-state index in [0.29, 0.717) is 25.1 Å². The largest absolute Gasteiger partial charge is 0.385 e. The lowest BCUT2D eigenvalue weighted by atomic mass is 10.1. The van der Waals surface area contributed by atoms with Gasteiger partial charge >= 0.3 is 0 Å². The molecule has 0 bridgehead atoms. The van der Waals surface area contributed by atoms with Crippen LogP contribution in [0, 0.1) is 17.7 Å². The molecule has 102 valence electrons. The van der Waals surface area contributed by atoms with Gasteiger partial charge in [-0.2, -0.15) is 0 Å². The number of nitrogens with one attached hydrogen (secondary N) is 1. The Labute approximate surface area is 111 Å². The summed E-state index contributed by atoms with van der Waals surface area (Å²) in [6, 6.07) is 3.75. The fourth-order valence-electron chi connectivity index (χ4n) is 1.47. The third-order valence-corrected chi connectivity index (χ3v) is 2.34. The second-order valence-corrected chi connectivity index (χ2v) is 3.75. The molecule has 0 saturated heterocycles. The van der Waals surface area contributed by atoms with E-state index in [2.05, 4.69) is 17.2 Å². The molecular formula is C14H16FNO3. The van der Waals surface area contributed by atoms with Crippen LogP contribution in [0.1, 0.15) is 22.3 Å². The molecule has 5 heteroatoms. The number of aliphatic hydroxyl groups is 1. The number of hydrogen-bond acceptors (Lipinski definition) is 3. The van der Waals surface area contributed by atoms with Crippen molar-refractivity contribution in [3.05, 3.63) is 35.1 Å². The Hall–Kier alpha value is -1.90. The monoisotopic (exact) mass is 265 g/mol. The minimum atomic E-state index is -0.474. The van der Waals surface area contributed by atoms with Crippen LogP contribution in [-0.4, -0.2) is 37.9 Å². The van der Waals surface area contributed by atoms with Gasteiger partial charge in [-0.1, -0.05) is 11.8 Å². The number of benzene rings is 1. The van der Waals surface area contributed by atoms with E-state index in [1.165, 1.54) is 18.2 Å². The highest BCUT2D eigenvalue weighted by Gasteiger charge is 2.10. The van der Waals surface area contributed by atoms with E-state index in [9.17, 15) is 9.18 Å². The summed E-state index contributed by atoms with van der Waals surface area (Å²) in [4.78, 5) is 11.9. The molecule has 1 rings (SSSR count). The van der Waals surface area contributed by atoms with Crippen LogP contribution >= 0.6 is 0 Å². The first-order valence-corrected chi connectivity index (χ1v) is 5.85. The Bertz CT molecular complexity index is 491. The molecule has 0 heterocycles. The summed E-state index contributed by atoms with van der Waals surface area (Å²) in [6.45, 7) is 0.684. The van der Waals surface area contributed by atoms with Crippen molar-refractivity contribution >= 4 is 5.91 Å². The number of hydrogen-bond donors (Lipinski definition) is 2. The van der Waals surface area contributed by atoms with Crippen LogP contribution in [-0.2, 0) is 4.74 Å². The zero-order valence-corrected chi connectivity index (χ0v) is 10.7. The Kier molecular flexibility index (Phi) is 6.58. The molecule has 0 fully saturated rings. The quantitative estimate of drug-likeness (QED) is 0.615. The number of amides is 1. The smallest absolute Gasteiger partial charge is 0.252 e. The van der Waals surface area contributed by atoms with Crippen LogP contribution in [0.4, 0.5) is 4.39 Å². The van der Waals surface area contributed by atoms with Gasteiger partial charge in [-0.05, 0) is 24.6 Å². The molecular weight excluding hydrogens is 249 g/mol. The first kappa shape index (κ1) is 15.2. The normalized spacial score (nSPS) is 9.63. The van der Waals surface area contributed by atoms with Crippen LogP contribution in [0.3, 0.4) is 0 Å². The van der Waals surface area contributed by atoms with Gasteiger partial charge in [0, 0.05) is 25.8 Å². The summed E-state index contributed by atoms with van der Waals surface area (Å²) in [7, 11) is 1.59. The molecule has 1 amide bonds. The minimum Gasteiger partial charge on any atom is -0.385 e. The van der Waals surface area contributed by atoms with Gasteiger partial charge in [-0.25, -0.2) is 4.39 Å². The van der Waals surface area contributed by atoms with E-state index in [1.807, 2.05) is 0 Å². The van der Waals surface area contributed by atoms with Gasteiger partial charge < -0.3 is 15.2 Å². The Morgan fingerprint density at radius 1 is 1.53 bits per heavy atom. The number of ether oxygens (including phenoxy) is 1. The van der Waals surface area contributed by atoms with E-state index < -0.39 is 5.82 Å². The fraction of sp³-hybridized carbons (Fsp3) is 0.357. The molecule has 0 aliphatic heterocycles. The number of rotatable bonds is 5. The lowest BCUT2D eigenvalue weighted by molar-refractivity contribution is 0.0948. The molecule has 0 spiro atoms. The second-order valence-electron chi connectivity index (χ2n) is 3.75. The SMILES string of the molecule is COCCCNC(=O)c1ccc(F)cc1C#CCO. The summed E-state index contributed by atoms with van der Waals surface area (Å²) in [5.41, 5.74) is 0.554. The van der Waals surface area contributed by atoms with E-state index in [-0.39, 0.29) is 18.1 Å². The molecule has 0 atom stereocenters. The number of aliphatic hydroxyl groups excluding tert-OH is 1. The van der Waals surface area contributed by atoms with Crippen molar-refractivity contribution in [1.29, 1.82) is 0 Å². The molecule has 1 aromatic carbocycles. The average molecular weight is 265 g/mol. The highest BCUT2D eigenvalue weighted by Crippen LogP contribution is 2.10. The van der Waals surface area contributed by atoms with Crippen LogP contribution < -0.4 is 5.32 Å². The van der Waals surface area contributed by atoms with E-state index in [4.69, 9.17) is 9.84 Å². The Morgan fingerprint density at radius 3 is 3.00 bits per heavy atom. The predicted molar refractivity (Wildman–Crippen MR) is 69.2 cm³/mol. The van der Waals surface area contributed by atoms with Gasteiger partial charge in [-0.3, -0.25) is 4.79 Å². The van der Waals surface area contributed by atoms with Crippen molar-refractivity contribution in [2.24, 2.45) is 0 Å². The standard InChI is InChI=1S/C14H16FNO3/c1-19-9-3-7-16-14(18)13-6-5-12(15)10-11(13)4-2-8-17/h5-6,10,17H,3,7-9H2,1H3,(H,16,18). The number of carbonyl (C=O) groups excluding carboxylic acids is 1. The molecule has 0 radical (unpaired) electrons. The van der Waals surface area contributed by atoms with Gasteiger partial charge in [0.1, 0.15) is 12.4 Å². The maximum absolute atomic E-state index is 13.1. The van der Waals surface area contributed by atoms with Crippen molar-refractivity contribution in [2.45, 2.75) is 6.42 Å². The van der Waals surface area contributed by atoms with Gasteiger partial charge in [0.05, 0.1) is 5.56 Å². The van der Waals surface area contributed by atoms with Crippen LogP contribution in [0.15, 0.2) is 18.2 Å². The molecule has 1 aromatic rings. The van der Waals surface area contributed by atoms with Crippen molar-refractivity contribution in [2.75, 3.05) is 26.9 Å². The summed E-state index contributed by atoms with van der Waals surface area (Å²) in [6.07, 6.45) is 0.696. The molecule has 2 N–H and O–H groups in total. The Balaban J connectivity index is 2.78. The van der Waals surface area contributed by atoms with E-state index in [0.717, 1.165) is 0 Å². The highest BCUT2D eigenvalue weighted by molar-refractivity contribution is 5.96. The number of halogens is 1. The molecule has 4 nitrogen and oxygen atoms in total. The van der Waals surface area contributed by atoms with Gasteiger partial charge in [0.2, 0.25) is 0 Å². The third-order valence-electron chi connectivity index (χ3n) is 2.34. The summed E-state index contributed by atoms with van der Waals surface area (Å²) < 4.78 is 18.0. The highest BCUT2D eigenvalue weighted by atomic mass is 19.1. The number of carbonyl (C=O) groups is 1. The van der Waals surface area contributed by atoms with Gasteiger partial charge in [-0.15, -0.1) is 0 Å². The van der Waals surface area contributed by atoms with Crippen molar-refractivity contribution in [3.8, 4) is 11.8 Å². The molecule has 0 aliphatic carbocycles. The van der Waals surface area contributed by atoms with Crippen LogP contribution in [0.25, 0.3) is 0 Å². The third kappa shape index (κ3) is 5.08. The maximum atomic E-state index is 13.1. The minimum absolute atomic E-state index is 0.262. The summed E-state index contributed by atoms with van der Waals surface area (Å²) in [5, 5.41) is 11.3. The molecule has 19 heavy (non-hydrogen) atoms. The van der Waals surface area contributed by atoms with Gasteiger partial charge in [0.25, 0.3) is 5.91 Å². The Morgan fingerprint density at radius 2 is 2.32 bits per heavy atom. The van der Waals surface area contributed by atoms with Crippen molar-refractivity contribution in [3.63, 3.8) is 0 Å². The lowest BCUT2D eigenvalue weighted by Crippen LogP contribution is -2.26. The molecule has 0 aliphatic rings. The van der Waals surface area contributed by atoms with Crippen LogP contribution in [0.2, 0.25) is 0 Å². The zero-order valence-electron chi connectivity index (χ0n) is 10.7. The zero-order chi connectivity index (χ0) is 14.1. The van der Waals surface area contributed by atoms with Gasteiger partial charge in [0.15, 0.2) is 0 Å². The second kappa shape index (κ2) is 8.25. The molecule has 0 unspecified atom stereocenters. The summed E-state index contributed by atoms with van der Waals surface area (Å²) in [5.74, 6) is 4.17. The van der Waals surface area contributed by atoms with E-state index >= 15 is 0 Å². The predicted octanol–water partition coefficient (Wildman–Crippen LogP) is 0.936. The van der Waals surface area contributed by atoms with Crippen molar-refractivity contribution in [1.82, 2.24) is 5.32 Å².